The number of benzene rings is 2. The summed E-state index contributed by atoms with van der Waals surface area (Å²) in [4.78, 5) is 41.1. The molecule has 1 fully saturated rings. The van der Waals surface area contributed by atoms with Crippen LogP contribution in [0.25, 0.3) is 10.4 Å². The Morgan fingerprint density at radius 1 is 1.11 bits per heavy atom. The first-order valence-electron chi connectivity index (χ1n) is 11.4. The SMILES string of the molecule is CCOC(=O)c1cc(-c2ccccc2)sc1NC(=O)CN1CCN(c2ccc(Cl)cc2[N+](=O)[O-])CC1. The first kappa shape index (κ1) is 25.6. The molecule has 0 atom stereocenters. The zero-order valence-electron chi connectivity index (χ0n) is 19.6. The number of rotatable bonds is 8. The van der Waals surface area contributed by atoms with Gasteiger partial charge in [0.05, 0.1) is 23.6 Å². The van der Waals surface area contributed by atoms with Gasteiger partial charge in [-0.1, -0.05) is 41.9 Å². The molecule has 3 aromatic rings. The van der Waals surface area contributed by atoms with Gasteiger partial charge in [0.15, 0.2) is 0 Å². The van der Waals surface area contributed by atoms with Crippen molar-refractivity contribution in [2.75, 3.05) is 49.5 Å². The Morgan fingerprint density at radius 2 is 1.83 bits per heavy atom. The molecular weight excluding hydrogens is 504 g/mol. The van der Waals surface area contributed by atoms with E-state index >= 15 is 0 Å². The zero-order valence-corrected chi connectivity index (χ0v) is 21.2. The largest absolute Gasteiger partial charge is 0.462 e. The third-order valence-corrected chi connectivity index (χ3v) is 7.09. The summed E-state index contributed by atoms with van der Waals surface area (Å²) in [5, 5.41) is 15.1. The number of hydrogen-bond donors (Lipinski definition) is 1. The van der Waals surface area contributed by atoms with Crippen molar-refractivity contribution in [2.45, 2.75) is 6.92 Å². The van der Waals surface area contributed by atoms with Crippen molar-refractivity contribution in [3.8, 4) is 10.4 Å². The molecule has 0 bridgehead atoms. The lowest BCUT2D eigenvalue weighted by Crippen LogP contribution is -2.48. The molecular formula is C25H25ClN4O5S. The number of piperazine rings is 1. The Kier molecular flexibility index (Phi) is 8.19. The summed E-state index contributed by atoms with van der Waals surface area (Å²) in [7, 11) is 0. The number of carbonyl (C=O) groups excluding carboxylic acids is 2. The Hall–Kier alpha value is -3.47. The van der Waals surface area contributed by atoms with Crippen molar-refractivity contribution in [3.63, 3.8) is 0 Å². The van der Waals surface area contributed by atoms with Gasteiger partial charge in [-0.2, -0.15) is 0 Å². The molecule has 36 heavy (non-hydrogen) atoms. The molecule has 188 valence electrons. The number of carbonyl (C=O) groups is 2. The van der Waals surface area contributed by atoms with Crippen molar-refractivity contribution in [1.29, 1.82) is 0 Å². The van der Waals surface area contributed by atoms with Gasteiger partial charge in [-0.15, -0.1) is 11.3 Å². The minimum atomic E-state index is -0.482. The molecule has 1 aliphatic rings. The summed E-state index contributed by atoms with van der Waals surface area (Å²) in [6.45, 7) is 4.27. The molecule has 4 rings (SSSR count). The average Bonchev–Trinajstić information content (AvgIpc) is 3.29. The highest BCUT2D eigenvalue weighted by Crippen LogP contribution is 2.36. The van der Waals surface area contributed by atoms with Crippen LogP contribution in [0.2, 0.25) is 5.02 Å². The minimum Gasteiger partial charge on any atom is -0.462 e. The van der Waals surface area contributed by atoms with Gasteiger partial charge < -0.3 is 15.0 Å². The van der Waals surface area contributed by atoms with E-state index in [0.29, 0.717) is 47.5 Å². The normalized spacial score (nSPS) is 13.9. The maximum atomic E-state index is 12.9. The van der Waals surface area contributed by atoms with E-state index in [0.717, 1.165) is 10.4 Å². The smallest absolute Gasteiger partial charge is 0.341 e. The van der Waals surface area contributed by atoms with E-state index in [1.807, 2.05) is 40.1 Å². The summed E-state index contributed by atoms with van der Waals surface area (Å²) in [6, 6.07) is 16.0. The molecule has 1 aromatic heterocycles. The number of esters is 1. The highest BCUT2D eigenvalue weighted by atomic mass is 35.5. The molecule has 0 unspecified atom stereocenters. The maximum absolute atomic E-state index is 12.9. The van der Waals surface area contributed by atoms with Gasteiger partial charge in [-0.3, -0.25) is 19.8 Å². The van der Waals surface area contributed by atoms with Gasteiger partial charge in [-0.05, 0) is 30.7 Å². The first-order chi connectivity index (χ1) is 17.4. The van der Waals surface area contributed by atoms with Crippen molar-refractivity contribution < 1.29 is 19.2 Å². The fraction of sp³-hybridized carbons (Fsp3) is 0.280. The van der Waals surface area contributed by atoms with E-state index in [-0.39, 0.29) is 24.7 Å². The van der Waals surface area contributed by atoms with Crippen LogP contribution in [0.4, 0.5) is 16.4 Å². The summed E-state index contributed by atoms with van der Waals surface area (Å²) in [5.41, 5.74) is 1.75. The molecule has 1 saturated heterocycles. The van der Waals surface area contributed by atoms with E-state index in [1.54, 1.807) is 25.1 Å². The highest BCUT2D eigenvalue weighted by molar-refractivity contribution is 7.20. The third kappa shape index (κ3) is 6.01. The molecule has 11 heteroatoms. The third-order valence-electron chi connectivity index (χ3n) is 5.75. The van der Waals surface area contributed by atoms with E-state index in [9.17, 15) is 19.7 Å². The van der Waals surface area contributed by atoms with Crippen molar-refractivity contribution in [2.24, 2.45) is 0 Å². The Balaban J connectivity index is 1.41. The predicted molar refractivity (Wildman–Crippen MR) is 141 cm³/mol. The molecule has 0 saturated carbocycles. The number of amides is 1. The second kappa shape index (κ2) is 11.5. The van der Waals surface area contributed by atoms with Crippen LogP contribution in [0.5, 0.6) is 0 Å². The summed E-state index contributed by atoms with van der Waals surface area (Å²) in [5.74, 6) is -0.725. The van der Waals surface area contributed by atoms with Gasteiger partial charge in [0.25, 0.3) is 5.69 Å². The fourth-order valence-electron chi connectivity index (χ4n) is 4.02. The van der Waals surface area contributed by atoms with Gasteiger partial charge in [0, 0.05) is 42.1 Å². The number of hydrogen-bond acceptors (Lipinski definition) is 8. The van der Waals surface area contributed by atoms with E-state index in [4.69, 9.17) is 16.3 Å². The number of thiophene rings is 1. The number of nitrogens with one attached hydrogen (secondary N) is 1. The van der Waals surface area contributed by atoms with Gasteiger partial charge in [0.2, 0.25) is 5.91 Å². The molecule has 1 N–H and O–H groups in total. The molecule has 2 aromatic carbocycles. The molecule has 0 radical (unpaired) electrons. The summed E-state index contributed by atoms with van der Waals surface area (Å²) < 4.78 is 5.18. The molecule has 1 amide bonds. The lowest BCUT2D eigenvalue weighted by atomic mass is 10.1. The Morgan fingerprint density at radius 3 is 2.50 bits per heavy atom. The number of halogens is 1. The van der Waals surface area contributed by atoms with Crippen LogP contribution < -0.4 is 10.2 Å². The standard InChI is InChI=1S/C25H25ClN4O5S/c1-2-35-25(32)19-15-22(17-6-4-3-5-7-17)36-24(19)27-23(31)16-28-10-12-29(13-11-28)20-9-8-18(26)14-21(20)30(33)34/h3-9,14-15H,2,10-13,16H2,1H3,(H,27,31). The van der Waals surface area contributed by atoms with Crippen LogP contribution in [-0.4, -0.2) is 61.0 Å². The monoisotopic (exact) mass is 528 g/mol. The predicted octanol–water partition coefficient (Wildman–Crippen LogP) is 4.91. The van der Waals surface area contributed by atoms with Crippen LogP contribution in [0.3, 0.4) is 0 Å². The number of anilines is 2. The van der Waals surface area contributed by atoms with Crippen LogP contribution >= 0.6 is 22.9 Å². The van der Waals surface area contributed by atoms with E-state index in [1.165, 1.54) is 17.4 Å². The molecule has 9 nitrogen and oxygen atoms in total. The van der Waals surface area contributed by atoms with Crippen molar-refractivity contribution >= 4 is 51.2 Å². The number of nitro benzene ring substituents is 1. The van der Waals surface area contributed by atoms with Gasteiger partial charge >= 0.3 is 5.97 Å². The Bertz CT molecular complexity index is 1260. The van der Waals surface area contributed by atoms with Crippen LogP contribution in [0.1, 0.15) is 17.3 Å². The lowest BCUT2D eigenvalue weighted by Gasteiger charge is -2.35. The van der Waals surface area contributed by atoms with Crippen molar-refractivity contribution in [1.82, 2.24) is 4.90 Å². The average molecular weight is 529 g/mol. The number of nitro groups is 1. The second-order valence-corrected chi connectivity index (χ2v) is 9.63. The molecule has 2 heterocycles. The van der Waals surface area contributed by atoms with Crippen LogP contribution in [0, 0.1) is 10.1 Å². The van der Waals surface area contributed by atoms with E-state index in [2.05, 4.69) is 5.32 Å². The fourth-order valence-corrected chi connectivity index (χ4v) is 5.25. The summed E-state index contributed by atoms with van der Waals surface area (Å²) in [6.07, 6.45) is 0. The number of nitrogens with zero attached hydrogens (tertiary/aromatic N) is 3. The van der Waals surface area contributed by atoms with Crippen molar-refractivity contribution in [3.05, 3.63) is 75.3 Å². The molecule has 1 aliphatic heterocycles. The quantitative estimate of drug-likeness (QED) is 0.251. The van der Waals surface area contributed by atoms with Crippen LogP contribution in [0.15, 0.2) is 54.6 Å². The van der Waals surface area contributed by atoms with E-state index < -0.39 is 10.9 Å². The lowest BCUT2D eigenvalue weighted by molar-refractivity contribution is -0.384. The minimum absolute atomic E-state index is 0.0351. The molecule has 0 spiro atoms. The van der Waals surface area contributed by atoms with Gasteiger partial charge in [-0.25, -0.2) is 4.79 Å². The highest BCUT2D eigenvalue weighted by Gasteiger charge is 2.26. The maximum Gasteiger partial charge on any atom is 0.341 e. The van der Waals surface area contributed by atoms with Gasteiger partial charge in [0.1, 0.15) is 10.7 Å². The number of ether oxygens (including phenoxy) is 1. The Labute approximate surface area is 217 Å². The second-order valence-electron chi connectivity index (χ2n) is 8.14. The first-order valence-corrected chi connectivity index (χ1v) is 12.6. The summed E-state index contributed by atoms with van der Waals surface area (Å²) >= 11 is 7.25. The molecule has 0 aliphatic carbocycles. The zero-order chi connectivity index (χ0) is 25.7. The topological polar surface area (TPSA) is 105 Å². The van der Waals surface area contributed by atoms with Crippen LogP contribution in [-0.2, 0) is 9.53 Å².